The van der Waals surface area contributed by atoms with Crippen molar-refractivity contribution in [3.63, 3.8) is 0 Å². The lowest BCUT2D eigenvalue weighted by Crippen LogP contribution is -2.51. The molecule has 4 amide bonds. The molecule has 7 heteroatoms. The molecule has 1 aliphatic heterocycles. The number of imide groups is 1. The zero-order chi connectivity index (χ0) is 24.0. The monoisotopic (exact) mass is 457 g/mol. The first-order valence-corrected chi connectivity index (χ1v) is 11.1. The molecule has 4 rings (SSSR count). The van der Waals surface area contributed by atoms with Crippen molar-refractivity contribution >= 4 is 17.8 Å². The molecule has 1 fully saturated rings. The zero-order valence-corrected chi connectivity index (χ0v) is 19.0. The van der Waals surface area contributed by atoms with Crippen molar-refractivity contribution < 1.29 is 19.1 Å². The number of hydrogen-bond donors (Lipinski definition) is 2. The van der Waals surface area contributed by atoms with E-state index in [1.165, 1.54) is 0 Å². The minimum atomic E-state index is -1.16. The molecule has 3 aromatic rings. The van der Waals surface area contributed by atoms with E-state index in [0.717, 1.165) is 21.6 Å². The summed E-state index contributed by atoms with van der Waals surface area (Å²) in [6.07, 6.45) is 0.652. The topological polar surface area (TPSA) is 87.7 Å². The third-order valence-electron chi connectivity index (χ3n) is 5.91. The number of para-hydroxylation sites is 1. The van der Waals surface area contributed by atoms with Crippen LogP contribution in [0, 0.1) is 0 Å². The first-order valence-electron chi connectivity index (χ1n) is 11.1. The van der Waals surface area contributed by atoms with Crippen molar-refractivity contribution in [2.75, 3.05) is 13.7 Å². The summed E-state index contributed by atoms with van der Waals surface area (Å²) in [6.45, 7) is -0.128. The fraction of sp³-hybridized carbons (Fsp3) is 0.222. The Bertz CT molecular complexity index is 1120. The number of ether oxygens (including phenoxy) is 1. The van der Waals surface area contributed by atoms with Gasteiger partial charge in [0.1, 0.15) is 17.8 Å². The highest BCUT2D eigenvalue weighted by molar-refractivity contribution is 6.09. The van der Waals surface area contributed by atoms with Gasteiger partial charge in [0.2, 0.25) is 5.91 Å². The van der Waals surface area contributed by atoms with Gasteiger partial charge in [-0.3, -0.25) is 14.5 Å². The predicted molar refractivity (Wildman–Crippen MR) is 128 cm³/mol. The summed E-state index contributed by atoms with van der Waals surface area (Å²) in [5.41, 5.74) is 1.49. The number of nitrogens with zero attached hydrogens (tertiary/aromatic N) is 1. The second kappa shape index (κ2) is 10.2. The lowest BCUT2D eigenvalue weighted by Gasteiger charge is -2.27. The van der Waals surface area contributed by atoms with E-state index in [2.05, 4.69) is 10.6 Å². The molecule has 7 nitrogen and oxygen atoms in total. The molecule has 0 aromatic heterocycles. The van der Waals surface area contributed by atoms with Crippen LogP contribution in [0.25, 0.3) is 0 Å². The third-order valence-corrected chi connectivity index (χ3v) is 5.91. The first kappa shape index (κ1) is 23.0. The number of benzene rings is 3. The molecule has 0 aliphatic carbocycles. The van der Waals surface area contributed by atoms with Crippen molar-refractivity contribution in [1.82, 2.24) is 15.5 Å². The maximum Gasteiger partial charge on any atom is 0.325 e. The van der Waals surface area contributed by atoms with Crippen LogP contribution in [-0.2, 0) is 29.0 Å². The van der Waals surface area contributed by atoms with Crippen molar-refractivity contribution in [2.45, 2.75) is 24.9 Å². The van der Waals surface area contributed by atoms with Gasteiger partial charge in [-0.2, -0.15) is 0 Å². The van der Waals surface area contributed by atoms with Gasteiger partial charge < -0.3 is 15.4 Å². The second-order valence-electron chi connectivity index (χ2n) is 8.32. The van der Waals surface area contributed by atoms with E-state index in [9.17, 15) is 14.4 Å². The minimum Gasteiger partial charge on any atom is -0.496 e. The summed E-state index contributed by atoms with van der Waals surface area (Å²) in [5.74, 6) is -0.176. The average molecular weight is 458 g/mol. The van der Waals surface area contributed by atoms with Gasteiger partial charge in [-0.25, -0.2) is 4.79 Å². The van der Waals surface area contributed by atoms with E-state index in [1.807, 2.05) is 78.9 Å². The van der Waals surface area contributed by atoms with Gasteiger partial charge >= 0.3 is 6.03 Å². The molecule has 1 aliphatic rings. The van der Waals surface area contributed by atoms with Crippen LogP contribution < -0.4 is 15.4 Å². The number of amides is 4. The number of carbonyl (C=O) groups is 3. The maximum atomic E-state index is 13.6. The van der Waals surface area contributed by atoms with Gasteiger partial charge in [-0.05, 0) is 17.2 Å². The lowest BCUT2D eigenvalue weighted by atomic mass is 9.84. The van der Waals surface area contributed by atoms with Gasteiger partial charge in [0.25, 0.3) is 5.91 Å². The average Bonchev–Trinajstić information content (AvgIpc) is 3.08. The minimum absolute atomic E-state index is 0.228. The largest absolute Gasteiger partial charge is 0.496 e. The number of rotatable bonds is 9. The molecule has 0 bridgehead atoms. The smallest absolute Gasteiger partial charge is 0.325 e. The fourth-order valence-corrected chi connectivity index (χ4v) is 4.25. The Balaban J connectivity index is 1.50. The van der Waals surface area contributed by atoms with Crippen LogP contribution in [0.5, 0.6) is 5.75 Å². The van der Waals surface area contributed by atoms with E-state index >= 15 is 0 Å². The first-order chi connectivity index (χ1) is 16.5. The molecule has 174 valence electrons. The maximum absolute atomic E-state index is 13.6. The number of urea groups is 1. The van der Waals surface area contributed by atoms with Crippen LogP contribution in [-0.4, -0.2) is 41.9 Å². The summed E-state index contributed by atoms with van der Waals surface area (Å²) in [5, 5.41) is 5.67. The summed E-state index contributed by atoms with van der Waals surface area (Å²) >= 11 is 0. The van der Waals surface area contributed by atoms with E-state index in [-0.39, 0.29) is 13.1 Å². The van der Waals surface area contributed by atoms with Gasteiger partial charge in [-0.15, -0.1) is 0 Å². The summed E-state index contributed by atoms with van der Waals surface area (Å²) < 4.78 is 5.31. The number of hydrogen-bond acceptors (Lipinski definition) is 4. The van der Waals surface area contributed by atoms with Gasteiger partial charge in [0.15, 0.2) is 0 Å². The van der Waals surface area contributed by atoms with Gasteiger partial charge in [0.05, 0.1) is 7.11 Å². The van der Waals surface area contributed by atoms with E-state index in [4.69, 9.17) is 4.74 Å². The molecule has 1 saturated heterocycles. The molecule has 3 aromatic carbocycles. The Morgan fingerprint density at radius 2 is 1.44 bits per heavy atom. The second-order valence-corrected chi connectivity index (χ2v) is 8.32. The van der Waals surface area contributed by atoms with E-state index in [0.29, 0.717) is 18.6 Å². The summed E-state index contributed by atoms with van der Waals surface area (Å²) in [6, 6.07) is 25.9. The molecule has 0 saturated carbocycles. The van der Waals surface area contributed by atoms with Gasteiger partial charge in [0, 0.05) is 24.9 Å². The van der Waals surface area contributed by atoms with Crippen LogP contribution in [0.15, 0.2) is 84.9 Å². The van der Waals surface area contributed by atoms with Crippen molar-refractivity contribution in [3.8, 4) is 5.75 Å². The number of nitrogens with one attached hydrogen (secondary N) is 2. The van der Waals surface area contributed by atoms with Crippen LogP contribution in [0.2, 0.25) is 0 Å². The molecule has 2 N–H and O–H groups in total. The number of carbonyl (C=O) groups excluding carboxylic acids is 3. The Hall–Kier alpha value is -4.13. The van der Waals surface area contributed by atoms with Crippen molar-refractivity contribution in [3.05, 3.63) is 102 Å². The molecular formula is C27H27N3O4. The van der Waals surface area contributed by atoms with Crippen molar-refractivity contribution in [2.24, 2.45) is 0 Å². The highest BCUT2D eigenvalue weighted by atomic mass is 16.5. The Kier molecular flexibility index (Phi) is 6.92. The number of methoxy groups -OCH3 is 1. The molecule has 0 atom stereocenters. The van der Waals surface area contributed by atoms with Crippen LogP contribution in [0.1, 0.15) is 16.7 Å². The van der Waals surface area contributed by atoms with Crippen LogP contribution >= 0.6 is 0 Å². The van der Waals surface area contributed by atoms with Gasteiger partial charge in [-0.1, -0.05) is 78.9 Å². The Labute approximate surface area is 198 Å². The zero-order valence-electron chi connectivity index (χ0n) is 19.0. The third kappa shape index (κ3) is 5.09. The molecule has 34 heavy (non-hydrogen) atoms. The fourth-order valence-electron chi connectivity index (χ4n) is 4.25. The Morgan fingerprint density at radius 1 is 0.882 bits per heavy atom. The SMILES string of the molecule is COc1ccccc1CNC(=O)CN1C(=O)NC(Cc2ccccc2)(Cc2ccccc2)C1=O. The molecule has 0 radical (unpaired) electrons. The Morgan fingerprint density at radius 3 is 2.03 bits per heavy atom. The quantitative estimate of drug-likeness (QED) is 0.484. The standard InChI is InChI=1S/C27H27N3O4/c1-34-23-15-9-8-14-22(23)18-28-24(31)19-30-25(32)27(29-26(30)33,16-20-10-4-2-5-11-20)17-21-12-6-3-7-13-21/h2-15H,16-19H2,1H3,(H,28,31)(H,29,33). The lowest BCUT2D eigenvalue weighted by molar-refractivity contribution is -0.135. The highest BCUT2D eigenvalue weighted by Gasteiger charge is 2.51. The molecule has 1 heterocycles. The van der Waals surface area contributed by atoms with E-state index < -0.39 is 23.4 Å². The molecule has 0 spiro atoms. The van der Waals surface area contributed by atoms with Crippen LogP contribution in [0.4, 0.5) is 4.79 Å². The van der Waals surface area contributed by atoms with Crippen LogP contribution in [0.3, 0.4) is 0 Å². The van der Waals surface area contributed by atoms with Crippen molar-refractivity contribution in [1.29, 1.82) is 0 Å². The summed E-state index contributed by atoms with van der Waals surface area (Å²) in [4.78, 5) is 40.2. The highest BCUT2D eigenvalue weighted by Crippen LogP contribution is 2.27. The van der Waals surface area contributed by atoms with E-state index in [1.54, 1.807) is 13.2 Å². The summed E-state index contributed by atoms with van der Waals surface area (Å²) in [7, 11) is 1.56. The normalized spacial score (nSPS) is 14.6. The molecular weight excluding hydrogens is 430 g/mol. The molecule has 0 unspecified atom stereocenters. The predicted octanol–water partition coefficient (Wildman–Crippen LogP) is 3.09.